The lowest BCUT2D eigenvalue weighted by Crippen LogP contribution is -2.16. The summed E-state index contributed by atoms with van der Waals surface area (Å²) in [5.41, 5.74) is 8.38. The fraction of sp³-hybridized carbons (Fsp3) is 0.320. The Morgan fingerprint density at radius 1 is 1.33 bits per heavy atom. The van der Waals surface area contributed by atoms with Crippen molar-refractivity contribution in [2.24, 2.45) is 5.92 Å². The molecule has 3 aromatic heterocycles. The molecule has 3 N–H and O–H groups in total. The summed E-state index contributed by atoms with van der Waals surface area (Å²) in [6.45, 7) is 2.18. The van der Waals surface area contributed by atoms with E-state index in [0.29, 0.717) is 32.8 Å². The molecule has 0 spiro atoms. The van der Waals surface area contributed by atoms with E-state index < -0.39 is 5.97 Å². The van der Waals surface area contributed by atoms with Crippen molar-refractivity contribution in [3.63, 3.8) is 0 Å². The maximum absolute atomic E-state index is 12.8. The van der Waals surface area contributed by atoms with Crippen LogP contribution in [0.1, 0.15) is 51.7 Å². The predicted molar refractivity (Wildman–Crippen MR) is 142 cm³/mol. The number of nitrogens with two attached hydrogens (primary N) is 1. The Kier molecular flexibility index (Phi) is 7.94. The minimum atomic E-state index is -0.441. The van der Waals surface area contributed by atoms with Gasteiger partial charge >= 0.3 is 5.97 Å². The highest BCUT2D eigenvalue weighted by atomic mass is 32.2. The number of hydrogen-bond donors (Lipinski definition) is 2. The Bertz CT molecular complexity index is 1400. The third-order valence-electron chi connectivity index (χ3n) is 5.91. The van der Waals surface area contributed by atoms with Crippen molar-refractivity contribution in [1.82, 2.24) is 4.98 Å². The van der Waals surface area contributed by atoms with Crippen molar-refractivity contribution < 1.29 is 14.3 Å². The number of amides is 1. The van der Waals surface area contributed by atoms with Gasteiger partial charge in [0.15, 0.2) is 0 Å². The Morgan fingerprint density at radius 3 is 2.78 bits per heavy atom. The topological polar surface area (TPSA) is 142 Å². The molecule has 1 atom stereocenters. The SMILES string of the molecule is COC(=O)c1c(NC(=O)CCSc2nc(N)c(C#N)c(-c3cccs3)c2C#N)sc2c1CCC(C)C2. The fourth-order valence-corrected chi connectivity index (χ4v) is 7.29. The summed E-state index contributed by atoms with van der Waals surface area (Å²) in [7, 11) is 1.34. The number of nitrogen functional groups attached to an aromatic ring is 1. The number of nitrogens with one attached hydrogen (secondary N) is 1. The van der Waals surface area contributed by atoms with Crippen LogP contribution < -0.4 is 11.1 Å². The van der Waals surface area contributed by atoms with Crippen LogP contribution in [-0.4, -0.2) is 29.7 Å². The summed E-state index contributed by atoms with van der Waals surface area (Å²) >= 11 is 4.07. The van der Waals surface area contributed by atoms with Crippen LogP contribution in [0.5, 0.6) is 0 Å². The minimum absolute atomic E-state index is 0.0490. The van der Waals surface area contributed by atoms with E-state index in [1.54, 1.807) is 0 Å². The Labute approximate surface area is 221 Å². The fourth-order valence-electron chi connectivity index (χ4n) is 4.16. The number of fused-ring (bicyclic) bond motifs is 1. The number of aromatic nitrogens is 1. The maximum atomic E-state index is 12.8. The zero-order valence-corrected chi connectivity index (χ0v) is 22.2. The number of rotatable bonds is 7. The molecule has 1 aliphatic rings. The van der Waals surface area contributed by atoms with Gasteiger partial charge in [-0.15, -0.1) is 34.4 Å². The smallest absolute Gasteiger partial charge is 0.341 e. The number of methoxy groups -OCH3 is 1. The van der Waals surface area contributed by atoms with Crippen LogP contribution in [0.25, 0.3) is 10.4 Å². The molecule has 0 bridgehead atoms. The molecule has 4 rings (SSSR count). The molecule has 0 aliphatic heterocycles. The molecule has 3 heterocycles. The van der Waals surface area contributed by atoms with Crippen molar-refractivity contribution in [3.8, 4) is 22.6 Å². The highest BCUT2D eigenvalue weighted by molar-refractivity contribution is 7.99. The van der Waals surface area contributed by atoms with Crippen LogP contribution in [0.15, 0.2) is 22.5 Å². The quantitative estimate of drug-likeness (QED) is 0.308. The summed E-state index contributed by atoms with van der Waals surface area (Å²) < 4.78 is 4.99. The van der Waals surface area contributed by atoms with Crippen molar-refractivity contribution in [2.75, 3.05) is 23.9 Å². The van der Waals surface area contributed by atoms with Gasteiger partial charge in [-0.3, -0.25) is 4.79 Å². The van der Waals surface area contributed by atoms with E-state index in [1.165, 1.54) is 41.5 Å². The zero-order chi connectivity index (χ0) is 25.8. The van der Waals surface area contributed by atoms with Gasteiger partial charge in [-0.2, -0.15) is 10.5 Å². The first kappa shape index (κ1) is 25.7. The summed E-state index contributed by atoms with van der Waals surface area (Å²) in [5.74, 6) is 0.218. The number of anilines is 2. The van der Waals surface area contributed by atoms with E-state index >= 15 is 0 Å². The van der Waals surface area contributed by atoms with Crippen molar-refractivity contribution >= 4 is 57.1 Å². The van der Waals surface area contributed by atoms with Crippen LogP contribution in [0.2, 0.25) is 0 Å². The Morgan fingerprint density at radius 2 is 2.11 bits per heavy atom. The van der Waals surface area contributed by atoms with Gasteiger partial charge in [-0.05, 0) is 42.2 Å². The number of carbonyl (C=O) groups excluding carboxylic acids is 2. The number of nitriles is 2. The second-order valence-corrected chi connectivity index (χ2v) is 11.5. The summed E-state index contributed by atoms with van der Waals surface area (Å²) in [6, 6.07) is 7.87. The van der Waals surface area contributed by atoms with Crippen LogP contribution in [0.3, 0.4) is 0 Å². The van der Waals surface area contributed by atoms with Gasteiger partial charge < -0.3 is 15.8 Å². The first-order valence-electron chi connectivity index (χ1n) is 11.2. The molecule has 0 saturated carbocycles. The largest absolute Gasteiger partial charge is 0.465 e. The predicted octanol–water partition coefficient (Wildman–Crippen LogP) is 5.23. The summed E-state index contributed by atoms with van der Waals surface area (Å²) in [4.78, 5) is 31.4. The number of ether oxygens (including phenoxy) is 1. The summed E-state index contributed by atoms with van der Waals surface area (Å²) in [5, 5.41) is 25.1. The van der Waals surface area contributed by atoms with E-state index in [4.69, 9.17) is 10.5 Å². The Hall–Kier alpha value is -3.38. The average molecular weight is 538 g/mol. The molecular formula is C25H23N5O3S3. The van der Waals surface area contributed by atoms with Crippen LogP contribution in [-0.2, 0) is 22.4 Å². The monoisotopic (exact) mass is 537 g/mol. The summed E-state index contributed by atoms with van der Waals surface area (Å²) in [6.07, 6.45) is 2.79. The average Bonchev–Trinajstić information content (AvgIpc) is 3.50. The van der Waals surface area contributed by atoms with Crippen LogP contribution in [0, 0.1) is 28.6 Å². The van der Waals surface area contributed by atoms with Crippen molar-refractivity contribution in [1.29, 1.82) is 10.5 Å². The maximum Gasteiger partial charge on any atom is 0.341 e. The third kappa shape index (κ3) is 5.09. The molecule has 1 aliphatic carbocycles. The van der Waals surface area contributed by atoms with E-state index in [1.807, 2.05) is 17.5 Å². The van der Waals surface area contributed by atoms with Crippen molar-refractivity contribution in [2.45, 2.75) is 37.6 Å². The minimum Gasteiger partial charge on any atom is -0.465 e. The Balaban J connectivity index is 1.51. The molecule has 1 unspecified atom stereocenters. The van der Waals surface area contributed by atoms with Gasteiger partial charge in [-0.1, -0.05) is 13.0 Å². The number of carbonyl (C=O) groups is 2. The molecule has 36 heavy (non-hydrogen) atoms. The first-order chi connectivity index (χ1) is 17.4. The molecule has 8 nitrogen and oxygen atoms in total. The molecule has 1 amide bonds. The van der Waals surface area contributed by atoms with Gasteiger partial charge in [0.25, 0.3) is 0 Å². The number of esters is 1. The van der Waals surface area contributed by atoms with Gasteiger partial charge in [0.1, 0.15) is 33.5 Å². The lowest BCUT2D eigenvalue weighted by molar-refractivity contribution is -0.115. The lowest BCUT2D eigenvalue weighted by atomic mass is 9.88. The lowest BCUT2D eigenvalue weighted by Gasteiger charge is -2.18. The molecule has 184 valence electrons. The van der Waals surface area contributed by atoms with Gasteiger partial charge in [0.05, 0.1) is 18.2 Å². The van der Waals surface area contributed by atoms with Crippen LogP contribution >= 0.6 is 34.4 Å². The number of hydrogen-bond acceptors (Lipinski definition) is 10. The number of thioether (sulfide) groups is 1. The highest BCUT2D eigenvalue weighted by Crippen LogP contribution is 2.41. The molecule has 3 aromatic rings. The third-order valence-corrected chi connectivity index (χ3v) is 8.94. The molecular weight excluding hydrogens is 515 g/mol. The second kappa shape index (κ2) is 11.1. The normalized spacial score (nSPS) is 14.4. The van der Waals surface area contributed by atoms with Crippen molar-refractivity contribution in [3.05, 3.63) is 44.6 Å². The zero-order valence-electron chi connectivity index (χ0n) is 19.7. The number of pyridine rings is 1. The van der Waals surface area contributed by atoms with E-state index in [-0.39, 0.29) is 29.3 Å². The van der Waals surface area contributed by atoms with Gasteiger partial charge in [0, 0.05) is 27.5 Å². The van der Waals surface area contributed by atoms with E-state index in [2.05, 4.69) is 29.4 Å². The van der Waals surface area contributed by atoms with E-state index in [0.717, 1.165) is 34.6 Å². The number of nitrogens with zero attached hydrogens (tertiary/aromatic N) is 3. The molecule has 0 aromatic carbocycles. The van der Waals surface area contributed by atoms with Gasteiger partial charge in [0.2, 0.25) is 5.91 Å². The molecule has 0 saturated heterocycles. The van der Waals surface area contributed by atoms with Gasteiger partial charge in [-0.25, -0.2) is 9.78 Å². The molecule has 0 fully saturated rings. The van der Waals surface area contributed by atoms with Crippen LogP contribution in [0.4, 0.5) is 10.8 Å². The molecule has 0 radical (unpaired) electrons. The highest BCUT2D eigenvalue weighted by Gasteiger charge is 2.29. The first-order valence-corrected chi connectivity index (χ1v) is 13.9. The van der Waals surface area contributed by atoms with E-state index in [9.17, 15) is 20.1 Å². The standard InChI is InChI=1S/C25H23N5O3S3/c1-13-5-6-14-18(10-13)36-24(21(14)25(32)33-2)29-19(31)7-9-35-23-16(12-27)20(17-4-3-8-34-17)15(11-26)22(28)30-23/h3-4,8,13H,5-7,9-10H2,1-2H3,(H2,28,30)(H,29,31). The number of thiophene rings is 2. The molecule has 11 heteroatoms. The second-order valence-electron chi connectivity index (χ2n) is 8.32.